The van der Waals surface area contributed by atoms with Crippen LogP contribution in [0.25, 0.3) is 22.4 Å². The van der Waals surface area contributed by atoms with Gasteiger partial charge in [-0.25, -0.2) is 14.2 Å². The predicted octanol–water partition coefficient (Wildman–Crippen LogP) is 4.88. The van der Waals surface area contributed by atoms with Crippen LogP contribution in [-0.2, 0) is 0 Å². The van der Waals surface area contributed by atoms with Gasteiger partial charge >= 0.3 is 5.69 Å². The number of aromatic amines is 1. The molecule has 0 saturated carbocycles. The Balaban J connectivity index is 1.43. The number of piperidine rings is 1. The van der Waals surface area contributed by atoms with Gasteiger partial charge in [-0.2, -0.15) is 5.10 Å². The Hall–Kier alpha value is -2.88. The van der Waals surface area contributed by atoms with Crippen LogP contribution < -0.4 is 10.5 Å². The number of H-pyrrole nitrogens is 1. The fraction of sp³-hybridized carbons (Fsp3) is 0.375. The molecule has 1 aliphatic heterocycles. The molecule has 4 heterocycles. The molecule has 0 bridgehead atoms. The van der Waals surface area contributed by atoms with Crippen molar-refractivity contribution in [1.82, 2.24) is 29.4 Å². The van der Waals surface area contributed by atoms with E-state index in [4.69, 9.17) is 28.0 Å². The number of nitrogens with zero attached hydrogens (tertiary/aromatic N) is 5. The Kier molecular flexibility index (Phi) is 6.57. The third-order valence-electron chi connectivity index (χ3n) is 6.47. The molecule has 1 N–H and O–H groups in total. The van der Waals surface area contributed by atoms with Crippen LogP contribution in [0, 0.1) is 5.82 Å². The lowest BCUT2D eigenvalue weighted by molar-refractivity contribution is 0.0350. The Labute approximate surface area is 211 Å². The third kappa shape index (κ3) is 4.55. The van der Waals surface area contributed by atoms with Crippen LogP contribution in [0.1, 0.15) is 43.9 Å². The summed E-state index contributed by atoms with van der Waals surface area (Å²) in [6.07, 6.45) is 5.56. The van der Waals surface area contributed by atoms with E-state index in [-0.39, 0.29) is 10.0 Å². The largest absolute Gasteiger partial charge is 0.401 e. The fourth-order valence-electron chi connectivity index (χ4n) is 4.46. The SMILES string of the molecule is CCC(On1c(=O)[nH]c2nc(-c3cnn(C4CCN(C)CC4)c3)ccc21)c1c(Cl)ccc(F)c1Cl. The Morgan fingerprint density at radius 3 is 2.74 bits per heavy atom. The number of pyridine rings is 1. The zero-order chi connectivity index (χ0) is 24.7. The average Bonchev–Trinajstić information content (AvgIpc) is 3.46. The van der Waals surface area contributed by atoms with Crippen LogP contribution in [-0.4, -0.2) is 49.5 Å². The molecular formula is C24H25Cl2FN6O2. The van der Waals surface area contributed by atoms with Gasteiger partial charge in [0.05, 0.1) is 23.0 Å². The molecule has 3 aromatic heterocycles. The van der Waals surface area contributed by atoms with Crippen molar-refractivity contribution in [2.75, 3.05) is 20.1 Å². The normalized spacial score (nSPS) is 16.1. The topological polar surface area (TPSA) is 81.0 Å². The third-order valence-corrected chi connectivity index (χ3v) is 7.18. The molecule has 1 atom stereocenters. The lowest BCUT2D eigenvalue weighted by atomic mass is 10.1. The van der Waals surface area contributed by atoms with Gasteiger partial charge in [-0.15, -0.1) is 4.73 Å². The number of likely N-dealkylation sites (tertiary alicyclic amines) is 1. The second-order valence-electron chi connectivity index (χ2n) is 8.79. The maximum Gasteiger partial charge on any atom is 0.360 e. The van der Waals surface area contributed by atoms with E-state index in [0.29, 0.717) is 34.9 Å². The van der Waals surface area contributed by atoms with Gasteiger partial charge in [-0.05, 0) is 63.7 Å². The van der Waals surface area contributed by atoms with Gasteiger partial charge in [0.2, 0.25) is 0 Å². The van der Waals surface area contributed by atoms with E-state index in [1.165, 1.54) is 12.1 Å². The summed E-state index contributed by atoms with van der Waals surface area (Å²) < 4.78 is 17.2. The van der Waals surface area contributed by atoms with Crippen molar-refractivity contribution >= 4 is 34.4 Å². The Morgan fingerprint density at radius 2 is 2.00 bits per heavy atom. The molecule has 5 rings (SSSR count). The number of imidazole rings is 1. The van der Waals surface area contributed by atoms with Gasteiger partial charge < -0.3 is 9.74 Å². The molecule has 0 radical (unpaired) electrons. The number of rotatable bonds is 6. The average molecular weight is 519 g/mol. The first-order valence-electron chi connectivity index (χ1n) is 11.5. The minimum atomic E-state index is -0.741. The van der Waals surface area contributed by atoms with E-state index in [0.717, 1.165) is 36.2 Å². The van der Waals surface area contributed by atoms with Gasteiger partial charge in [0.1, 0.15) is 11.3 Å². The lowest BCUT2D eigenvalue weighted by Crippen LogP contribution is -2.31. The van der Waals surface area contributed by atoms with Crippen molar-refractivity contribution in [3.63, 3.8) is 0 Å². The van der Waals surface area contributed by atoms with E-state index in [1.807, 2.05) is 23.9 Å². The summed E-state index contributed by atoms with van der Waals surface area (Å²) in [6, 6.07) is 6.55. The molecular weight excluding hydrogens is 494 g/mol. The number of hydrogen-bond donors (Lipinski definition) is 1. The molecule has 11 heteroatoms. The summed E-state index contributed by atoms with van der Waals surface area (Å²) in [5.41, 5.74) is 2.16. The van der Waals surface area contributed by atoms with Crippen LogP contribution >= 0.6 is 23.2 Å². The number of nitrogens with one attached hydrogen (secondary N) is 1. The molecule has 0 aliphatic carbocycles. The van der Waals surface area contributed by atoms with Crippen LogP contribution in [0.4, 0.5) is 4.39 Å². The number of fused-ring (bicyclic) bond motifs is 1. The van der Waals surface area contributed by atoms with Gasteiger partial charge in [0.25, 0.3) is 0 Å². The highest BCUT2D eigenvalue weighted by atomic mass is 35.5. The minimum absolute atomic E-state index is 0.126. The van der Waals surface area contributed by atoms with Crippen molar-refractivity contribution < 1.29 is 9.23 Å². The molecule has 0 spiro atoms. The van der Waals surface area contributed by atoms with Crippen molar-refractivity contribution in [2.24, 2.45) is 0 Å². The molecule has 8 nitrogen and oxygen atoms in total. The van der Waals surface area contributed by atoms with E-state index < -0.39 is 17.6 Å². The molecule has 1 fully saturated rings. The molecule has 35 heavy (non-hydrogen) atoms. The van der Waals surface area contributed by atoms with Crippen molar-refractivity contribution in [1.29, 1.82) is 0 Å². The minimum Gasteiger partial charge on any atom is -0.401 e. The molecule has 184 valence electrons. The summed E-state index contributed by atoms with van der Waals surface area (Å²) in [4.78, 5) is 28.4. The monoisotopic (exact) mass is 518 g/mol. The number of benzene rings is 1. The standard InChI is InChI=1S/C24H25Cl2FN6O2/c1-3-20(21-16(25)4-5-17(27)22(21)26)35-33-19-7-6-18(29-23(19)30-24(33)34)14-12-28-32(13-14)15-8-10-31(2)11-9-15/h4-7,12-13,15,20H,3,8-11H2,1-2H3,(H,29,30,34). The fourth-order valence-corrected chi connectivity index (χ4v) is 5.07. The highest BCUT2D eigenvalue weighted by Crippen LogP contribution is 2.35. The zero-order valence-corrected chi connectivity index (χ0v) is 20.9. The maximum absolute atomic E-state index is 14.1. The number of aromatic nitrogens is 5. The second kappa shape index (κ2) is 9.64. The van der Waals surface area contributed by atoms with Gasteiger partial charge in [-0.3, -0.25) is 9.67 Å². The highest BCUT2D eigenvalue weighted by Gasteiger charge is 2.24. The summed E-state index contributed by atoms with van der Waals surface area (Å²) in [6.45, 7) is 3.92. The Morgan fingerprint density at radius 1 is 1.23 bits per heavy atom. The van der Waals surface area contributed by atoms with Gasteiger partial charge in [0, 0.05) is 22.3 Å². The van der Waals surface area contributed by atoms with Crippen LogP contribution in [0.5, 0.6) is 0 Å². The van der Waals surface area contributed by atoms with Crippen LogP contribution in [0.2, 0.25) is 10.0 Å². The molecule has 4 aromatic rings. The van der Waals surface area contributed by atoms with E-state index in [9.17, 15) is 9.18 Å². The van der Waals surface area contributed by atoms with Crippen molar-refractivity contribution in [3.05, 3.63) is 68.6 Å². The van der Waals surface area contributed by atoms with Gasteiger partial charge in [0.15, 0.2) is 11.8 Å². The summed E-state index contributed by atoms with van der Waals surface area (Å²) >= 11 is 12.4. The Bertz CT molecular complexity index is 1420. The summed E-state index contributed by atoms with van der Waals surface area (Å²) in [5, 5.41) is 4.69. The lowest BCUT2D eigenvalue weighted by Gasteiger charge is -2.28. The first-order chi connectivity index (χ1) is 16.9. The smallest absolute Gasteiger partial charge is 0.360 e. The maximum atomic E-state index is 14.1. The molecule has 1 saturated heterocycles. The first kappa shape index (κ1) is 23.8. The summed E-state index contributed by atoms with van der Waals surface area (Å²) in [7, 11) is 2.13. The van der Waals surface area contributed by atoms with E-state index in [1.54, 1.807) is 12.3 Å². The predicted molar refractivity (Wildman–Crippen MR) is 133 cm³/mol. The van der Waals surface area contributed by atoms with Crippen molar-refractivity contribution in [3.8, 4) is 11.3 Å². The van der Waals surface area contributed by atoms with E-state index >= 15 is 0 Å². The van der Waals surface area contributed by atoms with Crippen LogP contribution in [0.3, 0.4) is 0 Å². The second-order valence-corrected chi connectivity index (χ2v) is 9.58. The van der Waals surface area contributed by atoms with Crippen molar-refractivity contribution in [2.45, 2.75) is 38.3 Å². The molecule has 1 unspecified atom stereocenters. The molecule has 1 aromatic carbocycles. The first-order valence-corrected chi connectivity index (χ1v) is 12.3. The van der Waals surface area contributed by atoms with E-state index in [2.05, 4.69) is 27.0 Å². The quantitative estimate of drug-likeness (QED) is 0.368. The summed E-state index contributed by atoms with van der Waals surface area (Å²) in [5.74, 6) is -0.605. The number of hydrogen-bond acceptors (Lipinski definition) is 5. The molecule has 0 amide bonds. The van der Waals surface area contributed by atoms with Crippen LogP contribution in [0.15, 0.2) is 41.5 Å². The molecule has 1 aliphatic rings. The number of halogens is 3. The van der Waals surface area contributed by atoms with Gasteiger partial charge in [-0.1, -0.05) is 30.1 Å². The highest BCUT2D eigenvalue weighted by molar-refractivity contribution is 6.36. The zero-order valence-electron chi connectivity index (χ0n) is 19.3.